The molecule has 2 N–H and O–H groups in total. The molecular formula is C17H13BrClFN2O2S. The lowest BCUT2D eigenvalue weighted by atomic mass is 10.2. The van der Waals surface area contributed by atoms with Crippen LogP contribution in [0.4, 0.5) is 15.2 Å². The minimum atomic E-state index is -0.948. The summed E-state index contributed by atoms with van der Waals surface area (Å²) in [4.78, 5) is 11.2. The minimum Gasteiger partial charge on any atom is -1.00 e. The van der Waals surface area contributed by atoms with Gasteiger partial charge >= 0.3 is 11.1 Å². The molecule has 25 heavy (non-hydrogen) atoms. The van der Waals surface area contributed by atoms with Gasteiger partial charge in [-0.25, -0.2) is 19.1 Å². The highest BCUT2D eigenvalue weighted by Crippen LogP contribution is 2.26. The molecule has 0 aliphatic carbocycles. The van der Waals surface area contributed by atoms with Gasteiger partial charge in [0.1, 0.15) is 17.2 Å². The first-order valence-corrected chi connectivity index (χ1v) is 8.30. The van der Waals surface area contributed by atoms with Crippen molar-refractivity contribution in [3.05, 3.63) is 64.8 Å². The Balaban J connectivity index is 0.00000225. The van der Waals surface area contributed by atoms with Crippen LogP contribution in [0.2, 0.25) is 5.02 Å². The SMILES string of the molecule is O=C(O)C[n+]1c(-c2ccc(Cl)cc2)csc1Nc1ccc(F)cc1.[Br-]. The fourth-order valence-corrected chi connectivity index (χ4v) is 3.32. The molecule has 8 heteroatoms. The number of hydrogen-bond acceptors (Lipinski definition) is 3. The van der Waals surface area contributed by atoms with E-state index in [1.54, 1.807) is 28.8 Å². The van der Waals surface area contributed by atoms with Gasteiger partial charge in [-0.2, -0.15) is 0 Å². The monoisotopic (exact) mass is 442 g/mol. The van der Waals surface area contributed by atoms with E-state index < -0.39 is 5.97 Å². The number of nitrogens with one attached hydrogen (secondary N) is 1. The molecular weight excluding hydrogens is 431 g/mol. The summed E-state index contributed by atoms with van der Waals surface area (Å²) in [5.41, 5.74) is 2.31. The minimum absolute atomic E-state index is 0. The van der Waals surface area contributed by atoms with Crippen LogP contribution in [0, 0.1) is 5.82 Å². The zero-order valence-corrected chi connectivity index (χ0v) is 15.9. The lowest BCUT2D eigenvalue weighted by Crippen LogP contribution is -3.00. The fraction of sp³-hybridized carbons (Fsp3) is 0.0588. The summed E-state index contributed by atoms with van der Waals surface area (Å²) in [5.74, 6) is -1.28. The maximum absolute atomic E-state index is 13.0. The molecule has 0 bridgehead atoms. The molecule has 1 heterocycles. The van der Waals surface area contributed by atoms with Crippen LogP contribution in [0.1, 0.15) is 0 Å². The predicted octanol–water partition coefficient (Wildman–Crippen LogP) is 1.33. The molecule has 0 radical (unpaired) electrons. The maximum Gasteiger partial charge on any atom is 0.346 e. The van der Waals surface area contributed by atoms with Crippen LogP contribution in [0.15, 0.2) is 53.9 Å². The van der Waals surface area contributed by atoms with Gasteiger partial charge in [0, 0.05) is 16.0 Å². The third kappa shape index (κ3) is 4.78. The molecule has 0 atom stereocenters. The number of carbonyl (C=O) groups is 1. The van der Waals surface area contributed by atoms with Gasteiger partial charge in [-0.1, -0.05) is 22.9 Å². The summed E-state index contributed by atoms with van der Waals surface area (Å²) in [6, 6.07) is 13.1. The smallest absolute Gasteiger partial charge is 0.346 e. The second-order valence-electron chi connectivity index (χ2n) is 5.04. The first kappa shape index (κ1) is 19.4. The molecule has 3 rings (SSSR count). The van der Waals surface area contributed by atoms with Crippen molar-refractivity contribution in [2.45, 2.75) is 6.54 Å². The standard InChI is InChI=1S/C17H12ClFN2O2S.BrH/c18-12-3-1-11(2-4-12)15-10-24-17(21(15)9-16(22)23)20-14-7-5-13(19)6-8-14;/h1-8,10H,9H2,(H,22,23);1H. The zero-order valence-electron chi connectivity index (χ0n) is 12.7. The Bertz CT molecular complexity index is 869. The molecule has 0 amide bonds. The number of carboxylic acid groups (broad SMARTS) is 1. The number of rotatable bonds is 5. The molecule has 0 spiro atoms. The van der Waals surface area contributed by atoms with Crippen LogP contribution in [0.25, 0.3) is 11.3 Å². The van der Waals surface area contributed by atoms with E-state index in [4.69, 9.17) is 11.6 Å². The molecule has 0 aliphatic heterocycles. The molecule has 0 aliphatic rings. The second-order valence-corrected chi connectivity index (χ2v) is 6.34. The Kier molecular flexibility index (Phi) is 6.52. The highest BCUT2D eigenvalue weighted by Gasteiger charge is 2.22. The number of aromatic nitrogens is 1. The van der Waals surface area contributed by atoms with Crippen LogP contribution < -0.4 is 26.9 Å². The summed E-state index contributed by atoms with van der Waals surface area (Å²) >= 11 is 7.29. The zero-order chi connectivity index (χ0) is 17.1. The van der Waals surface area contributed by atoms with Crippen molar-refractivity contribution >= 4 is 39.7 Å². The van der Waals surface area contributed by atoms with Crippen LogP contribution in [0.3, 0.4) is 0 Å². The van der Waals surface area contributed by atoms with Gasteiger partial charge in [0.2, 0.25) is 0 Å². The van der Waals surface area contributed by atoms with E-state index in [2.05, 4.69) is 5.32 Å². The first-order valence-electron chi connectivity index (χ1n) is 7.04. The summed E-state index contributed by atoms with van der Waals surface area (Å²) < 4.78 is 14.7. The molecule has 4 nitrogen and oxygen atoms in total. The van der Waals surface area contributed by atoms with Gasteiger partial charge in [0.25, 0.3) is 0 Å². The number of halogens is 3. The largest absolute Gasteiger partial charge is 1.00 e. The normalized spacial score (nSPS) is 10.2. The Labute approximate surface area is 163 Å². The van der Waals surface area contributed by atoms with Crippen LogP contribution >= 0.6 is 22.9 Å². The number of aliphatic carboxylic acids is 1. The Morgan fingerprint density at radius 2 is 1.80 bits per heavy atom. The Hall–Kier alpha value is -1.96. The van der Waals surface area contributed by atoms with Crippen molar-refractivity contribution < 1.29 is 35.8 Å². The van der Waals surface area contributed by atoms with Crippen molar-refractivity contribution in [3.8, 4) is 11.3 Å². The fourth-order valence-electron chi connectivity index (χ4n) is 2.24. The van der Waals surface area contributed by atoms with Gasteiger partial charge in [0.15, 0.2) is 6.54 Å². The van der Waals surface area contributed by atoms with E-state index >= 15 is 0 Å². The molecule has 3 aromatic rings. The highest BCUT2D eigenvalue weighted by molar-refractivity contribution is 7.13. The van der Waals surface area contributed by atoms with Gasteiger partial charge in [-0.3, -0.25) is 0 Å². The molecule has 0 saturated heterocycles. The third-order valence-corrected chi connectivity index (χ3v) is 4.49. The number of carboxylic acids is 1. The van der Waals surface area contributed by atoms with Crippen LogP contribution in [0.5, 0.6) is 0 Å². The molecule has 0 fully saturated rings. The highest BCUT2D eigenvalue weighted by atomic mass is 79.9. The average Bonchev–Trinajstić information content (AvgIpc) is 2.92. The quantitative estimate of drug-likeness (QED) is 0.585. The lowest BCUT2D eigenvalue weighted by Gasteiger charge is -2.04. The summed E-state index contributed by atoms with van der Waals surface area (Å²) in [6.45, 7) is -0.189. The van der Waals surface area contributed by atoms with Crippen molar-refractivity contribution in [1.82, 2.24) is 0 Å². The maximum atomic E-state index is 13.0. The first-order chi connectivity index (χ1) is 11.5. The van der Waals surface area contributed by atoms with Crippen LogP contribution in [-0.4, -0.2) is 11.1 Å². The van der Waals surface area contributed by atoms with E-state index in [9.17, 15) is 14.3 Å². The third-order valence-electron chi connectivity index (χ3n) is 3.35. The predicted molar refractivity (Wildman–Crippen MR) is 92.3 cm³/mol. The van der Waals surface area contributed by atoms with Gasteiger partial charge in [-0.15, -0.1) is 0 Å². The van der Waals surface area contributed by atoms with E-state index in [0.717, 1.165) is 11.3 Å². The molecule has 2 aromatic carbocycles. The molecule has 130 valence electrons. The Morgan fingerprint density at radius 3 is 2.40 bits per heavy atom. The van der Waals surface area contributed by atoms with Gasteiger partial charge in [0.05, 0.1) is 0 Å². The van der Waals surface area contributed by atoms with Crippen molar-refractivity contribution in [2.24, 2.45) is 0 Å². The lowest BCUT2D eigenvalue weighted by molar-refractivity contribution is -0.656. The average molecular weight is 444 g/mol. The summed E-state index contributed by atoms with van der Waals surface area (Å²) in [5, 5.41) is 15.5. The van der Waals surface area contributed by atoms with E-state index in [1.165, 1.54) is 23.5 Å². The number of anilines is 2. The topological polar surface area (TPSA) is 53.2 Å². The summed E-state index contributed by atoms with van der Waals surface area (Å²) in [6.07, 6.45) is 0. The van der Waals surface area contributed by atoms with Crippen molar-refractivity contribution in [3.63, 3.8) is 0 Å². The molecule has 0 saturated carbocycles. The molecule has 1 aromatic heterocycles. The van der Waals surface area contributed by atoms with Crippen LogP contribution in [-0.2, 0) is 11.3 Å². The number of benzene rings is 2. The Morgan fingerprint density at radius 1 is 1.16 bits per heavy atom. The van der Waals surface area contributed by atoms with E-state index in [1.807, 2.05) is 17.5 Å². The van der Waals surface area contributed by atoms with E-state index in [0.29, 0.717) is 15.8 Å². The number of hydrogen-bond donors (Lipinski definition) is 2. The van der Waals surface area contributed by atoms with E-state index in [-0.39, 0.29) is 29.3 Å². The van der Waals surface area contributed by atoms with Crippen molar-refractivity contribution in [1.29, 1.82) is 0 Å². The number of nitrogens with zero attached hydrogens (tertiary/aromatic N) is 1. The van der Waals surface area contributed by atoms with Gasteiger partial charge in [-0.05, 0) is 48.5 Å². The summed E-state index contributed by atoms with van der Waals surface area (Å²) in [7, 11) is 0. The number of thiazole rings is 1. The second kappa shape index (κ2) is 8.42. The van der Waals surface area contributed by atoms with Crippen molar-refractivity contribution in [2.75, 3.05) is 5.32 Å². The van der Waals surface area contributed by atoms with Gasteiger partial charge < -0.3 is 22.1 Å². The molecule has 0 unspecified atom stereocenters.